The summed E-state index contributed by atoms with van der Waals surface area (Å²) in [5.74, 6) is -1.45. The molecule has 7 nitrogen and oxygen atoms in total. The van der Waals surface area contributed by atoms with Gasteiger partial charge in [0.15, 0.2) is 0 Å². The minimum absolute atomic E-state index is 0.000752. The Labute approximate surface area is 198 Å². The van der Waals surface area contributed by atoms with E-state index in [2.05, 4.69) is 4.90 Å². The van der Waals surface area contributed by atoms with E-state index in [0.717, 1.165) is 19.5 Å². The molecule has 1 N–H and O–H groups in total. The van der Waals surface area contributed by atoms with Crippen molar-refractivity contribution in [1.82, 2.24) is 9.80 Å². The molecule has 2 heterocycles. The molecule has 0 radical (unpaired) electrons. The summed E-state index contributed by atoms with van der Waals surface area (Å²) in [5.41, 5.74) is 0.968. The summed E-state index contributed by atoms with van der Waals surface area (Å²) < 4.78 is 24.6. The summed E-state index contributed by atoms with van der Waals surface area (Å²) in [4.78, 5) is 29.8. The van der Waals surface area contributed by atoms with Crippen LogP contribution in [0.1, 0.15) is 30.5 Å². The van der Waals surface area contributed by atoms with Crippen LogP contribution >= 0.6 is 0 Å². The van der Waals surface area contributed by atoms with Crippen molar-refractivity contribution < 1.29 is 28.6 Å². The van der Waals surface area contributed by atoms with Crippen molar-refractivity contribution in [3.8, 4) is 5.75 Å². The Morgan fingerprint density at radius 1 is 1.06 bits per heavy atom. The van der Waals surface area contributed by atoms with Gasteiger partial charge in [-0.25, -0.2) is 4.39 Å². The van der Waals surface area contributed by atoms with Crippen LogP contribution in [0, 0.1) is 5.82 Å². The number of carbonyl (C=O) groups excluding carboxylic acids is 2. The van der Waals surface area contributed by atoms with Crippen molar-refractivity contribution in [3.63, 3.8) is 0 Å². The number of ketones is 1. The van der Waals surface area contributed by atoms with E-state index >= 15 is 0 Å². The molecule has 2 aliphatic heterocycles. The summed E-state index contributed by atoms with van der Waals surface area (Å²) in [7, 11) is 0. The van der Waals surface area contributed by atoms with Gasteiger partial charge in [0, 0.05) is 31.7 Å². The number of carbonyl (C=O) groups is 2. The molecule has 1 amide bonds. The standard InChI is InChI=1S/C26H29FN2O5/c1-2-15-34-21-9-5-19(6-10-21)24(30)22-23(18-3-7-20(27)8-4-18)29(26(32)25(22)31)12-11-28-13-16-33-17-14-28/h3-10,23,30H,2,11-17H2,1H3/b24-22+/t23-/m0/s1. The van der Waals surface area contributed by atoms with E-state index in [-0.39, 0.29) is 11.3 Å². The van der Waals surface area contributed by atoms with Crippen LogP contribution in [-0.2, 0) is 14.3 Å². The highest BCUT2D eigenvalue weighted by Gasteiger charge is 2.46. The molecule has 2 aromatic rings. The van der Waals surface area contributed by atoms with E-state index in [4.69, 9.17) is 9.47 Å². The number of aliphatic hydroxyl groups excluding tert-OH is 1. The first-order chi connectivity index (χ1) is 16.5. The Balaban J connectivity index is 1.67. The third-order valence-electron chi connectivity index (χ3n) is 6.09. The Bertz CT molecular complexity index is 1050. The molecule has 2 fully saturated rings. The summed E-state index contributed by atoms with van der Waals surface area (Å²) in [6.07, 6.45) is 0.868. The molecule has 0 saturated carbocycles. The number of amides is 1. The van der Waals surface area contributed by atoms with Crippen LogP contribution in [0.25, 0.3) is 5.76 Å². The fourth-order valence-electron chi connectivity index (χ4n) is 4.26. The number of aliphatic hydroxyl groups is 1. The second-order valence-corrected chi connectivity index (χ2v) is 8.37. The van der Waals surface area contributed by atoms with Crippen LogP contribution in [0.3, 0.4) is 0 Å². The predicted molar refractivity (Wildman–Crippen MR) is 125 cm³/mol. The van der Waals surface area contributed by atoms with Crippen LogP contribution in [0.4, 0.5) is 4.39 Å². The van der Waals surface area contributed by atoms with Gasteiger partial charge in [-0.2, -0.15) is 0 Å². The molecule has 2 aliphatic rings. The molecule has 34 heavy (non-hydrogen) atoms. The van der Waals surface area contributed by atoms with Gasteiger partial charge >= 0.3 is 0 Å². The fraction of sp³-hybridized carbons (Fsp3) is 0.385. The van der Waals surface area contributed by atoms with E-state index in [1.165, 1.54) is 17.0 Å². The molecule has 2 aromatic carbocycles. The van der Waals surface area contributed by atoms with Gasteiger partial charge < -0.3 is 19.5 Å². The third-order valence-corrected chi connectivity index (χ3v) is 6.09. The normalized spacial score (nSPS) is 20.6. The molecule has 8 heteroatoms. The Kier molecular flexibility index (Phi) is 7.59. The summed E-state index contributed by atoms with van der Waals surface area (Å²) in [6.45, 7) is 6.19. The van der Waals surface area contributed by atoms with Gasteiger partial charge in [0.2, 0.25) is 0 Å². The zero-order valence-electron chi connectivity index (χ0n) is 19.2. The van der Waals surface area contributed by atoms with Crippen molar-refractivity contribution in [1.29, 1.82) is 0 Å². The SMILES string of the molecule is CCCOc1ccc(/C(O)=C2\C(=O)C(=O)N(CCN3CCOCC3)[C@H]2c2ccc(F)cc2)cc1. The first-order valence-electron chi connectivity index (χ1n) is 11.6. The first-order valence-corrected chi connectivity index (χ1v) is 11.6. The first kappa shape index (κ1) is 23.9. The van der Waals surface area contributed by atoms with Crippen molar-refractivity contribution in [3.05, 3.63) is 71.0 Å². The molecule has 0 unspecified atom stereocenters. The van der Waals surface area contributed by atoms with Crippen LogP contribution < -0.4 is 4.74 Å². The lowest BCUT2D eigenvalue weighted by molar-refractivity contribution is -0.140. The zero-order valence-corrected chi connectivity index (χ0v) is 19.2. The average Bonchev–Trinajstić information content (AvgIpc) is 3.12. The maximum atomic E-state index is 13.6. The maximum absolute atomic E-state index is 13.6. The lowest BCUT2D eigenvalue weighted by atomic mass is 9.95. The second kappa shape index (κ2) is 10.8. The van der Waals surface area contributed by atoms with Crippen molar-refractivity contribution in [2.75, 3.05) is 46.0 Å². The molecule has 1 atom stereocenters. The number of nitrogens with zero attached hydrogens (tertiary/aromatic N) is 2. The Morgan fingerprint density at radius 3 is 2.38 bits per heavy atom. The number of hydrogen-bond donors (Lipinski definition) is 1. The molecule has 0 bridgehead atoms. The van der Waals surface area contributed by atoms with Gasteiger partial charge in [-0.15, -0.1) is 0 Å². The summed E-state index contributed by atoms with van der Waals surface area (Å²) in [5, 5.41) is 11.1. The molecule has 2 saturated heterocycles. The minimum atomic E-state index is -0.808. The topological polar surface area (TPSA) is 79.3 Å². The van der Waals surface area contributed by atoms with Crippen molar-refractivity contribution in [2.45, 2.75) is 19.4 Å². The lowest BCUT2D eigenvalue weighted by Crippen LogP contribution is -2.42. The van der Waals surface area contributed by atoms with Crippen molar-refractivity contribution in [2.24, 2.45) is 0 Å². The number of morpholine rings is 1. The Hall–Kier alpha value is -3.23. The van der Waals surface area contributed by atoms with Gasteiger partial charge in [-0.1, -0.05) is 19.1 Å². The lowest BCUT2D eigenvalue weighted by Gasteiger charge is -2.31. The van der Waals surface area contributed by atoms with E-state index in [0.29, 0.717) is 49.8 Å². The van der Waals surface area contributed by atoms with Gasteiger partial charge in [0.25, 0.3) is 11.7 Å². The van der Waals surface area contributed by atoms with Crippen LogP contribution in [0.2, 0.25) is 0 Å². The molecular weight excluding hydrogens is 439 g/mol. The summed E-state index contributed by atoms with van der Waals surface area (Å²) >= 11 is 0. The van der Waals surface area contributed by atoms with Gasteiger partial charge in [0.1, 0.15) is 17.3 Å². The van der Waals surface area contributed by atoms with Crippen LogP contribution in [0.5, 0.6) is 5.75 Å². The number of benzene rings is 2. The van der Waals surface area contributed by atoms with Crippen LogP contribution in [-0.4, -0.2) is 72.6 Å². The second-order valence-electron chi connectivity index (χ2n) is 8.37. The molecular formula is C26H29FN2O5. The molecule has 4 rings (SSSR count). The van der Waals surface area contributed by atoms with E-state index in [9.17, 15) is 19.1 Å². The van der Waals surface area contributed by atoms with Gasteiger partial charge in [-0.05, 0) is 48.4 Å². The quantitative estimate of drug-likeness (QED) is 0.364. The third kappa shape index (κ3) is 5.13. The highest BCUT2D eigenvalue weighted by Crippen LogP contribution is 2.39. The molecule has 0 aromatic heterocycles. The highest BCUT2D eigenvalue weighted by atomic mass is 19.1. The average molecular weight is 469 g/mol. The zero-order chi connectivity index (χ0) is 24.1. The largest absolute Gasteiger partial charge is 0.507 e. The van der Waals surface area contributed by atoms with Gasteiger partial charge in [-0.3, -0.25) is 14.5 Å². The van der Waals surface area contributed by atoms with E-state index in [1.54, 1.807) is 36.4 Å². The smallest absolute Gasteiger partial charge is 0.295 e. The fourth-order valence-corrected chi connectivity index (χ4v) is 4.26. The number of Topliss-reactive ketones (excluding diaryl/α,β-unsaturated/α-hetero) is 1. The molecule has 0 aliphatic carbocycles. The molecule has 180 valence electrons. The van der Waals surface area contributed by atoms with Crippen LogP contribution in [0.15, 0.2) is 54.1 Å². The minimum Gasteiger partial charge on any atom is -0.507 e. The number of likely N-dealkylation sites (tertiary alicyclic amines) is 1. The van der Waals surface area contributed by atoms with E-state index < -0.39 is 23.5 Å². The number of rotatable bonds is 8. The number of ether oxygens (including phenoxy) is 2. The van der Waals surface area contributed by atoms with Crippen molar-refractivity contribution >= 4 is 17.4 Å². The summed E-state index contributed by atoms with van der Waals surface area (Å²) in [6, 6.07) is 11.6. The van der Waals surface area contributed by atoms with E-state index in [1.807, 2.05) is 6.92 Å². The number of hydrogen-bond acceptors (Lipinski definition) is 6. The maximum Gasteiger partial charge on any atom is 0.295 e. The molecule has 0 spiro atoms. The van der Waals surface area contributed by atoms with Gasteiger partial charge in [0.05, 0.1) is 31.4 Å². The predicted octanol–water partition coefficient (Wildman–Crippen LogP) is 3.37. The Morgan fingerprint density at radius 2 is 1.74 bits per heavy atom. The highest BCUT2D eigenvalue weighted by molar-refractivity contribution is 6.46. The monoisotopic (exact) mass is 468 g/mol. The number of halogens is 1.